The number of thioether (sulfide) groups is 1. The molecule has 0 N–H and O–H groups in total. The van der Waals surface area contributed by atoms with E-state index in [1.807, 2.05) is 6.92 Å². The maximum Gasteiger partial charge on any atom is 0.294 e. The molecule has 35 heavy (non-hydrogen) atoms. The predicted octanol–water partition coefficient (Wildman–Crippen LogP) is 5.63. The molecule has 0 unspecified atom stereocenters. The number of ether oxygens (including phenoxy) is 2. The van der Waals surface area contributed by atoms with Gasteiger partial charge >= 0.3 is 0 Å². The molecule has 2 saturated heterocycles. The summed E-state index contributed by atoms with van der Waals surface area (Å²) in [6.45, 7) is 3.60. The van der Waals surface area contributed by atoms with Crippen molar-refractivity contribution in [3.05, 3.63) is 62.5 Å². The number of hydrogen-bond donors (Lipinski definition) is 0. The molecule has 0 bridgehead atoms. The Morgan fingerprint density at radius 3 is 2.54 bits per heavy atom. The lowest BCUT2D eigenvalue weighted by atomic mass is 10.1. The van der Waals surface area contributed by atoms with Crippen LogP contribution in [-0.4, -0.2) is 53.1 Å². The Kier molecular flexibility index (Phi) is 8.26. The first-order valence-corrected chi connectivity index (χ1v) is 12.8. The van der Waals surface area contributed by atoms with E-state index in [0.29, 0.717) is 46.8 Å². The third-order valence-corrected chi connectivity index (χ3v) is 7.08. The maximum atomic E-state index is 12.8. The smallest absolute Gasteiger partial charge is 0.294 e. The van der Waals surface area contributed by atoms with E-state index in [0.717, 1.165) is 35.1 Å². The number of benzene rings is 2. The number of halogens is 2. The van der Waals surface area contributed by atoms with E-state index in [9.17, 15) is 14.4 Å². The van der Waals surface area contributed by atoms with Gasteiger partial charge in [0.15, 0.2) is 11.5 Å². The molecule has 0 aromatic heterocycles. The zero-order valence-electron chi connectivity index (χ0n) is 19.1. The van der Waals surface area contributed by atoms with E-state index in [-0.39, 0.29) is 24.0 Å². The average molecular weight is 535 g/mol. The van der Waals surface area contributed by atoms with Crippen molar-refractivity contribution in [1.29, 1.82) is 0 Å². The minimum Gasteiger partial charge on any atom is -0.490 e. The Bertz CT molecular complexity index is 1180. The molecule has 0 atom stereocenters. The molecular formula is C25H24Cl2N2O5S. The van der Waals surface area contributed by atoms with E-state index < -0.39 is 11.1 Å². The van der Waals surface area contributed by atoms with Gasteiger partial charge in [0.25, 0.3) is 11.1 Å². The minimum atomic E-state index is -0.469. The van der Waals surface area contributed by atoms with Crippen molar-refractivity contribution in [3.63, 3.8) is 0 Å². The van der Waals surface area contributed by atoms with Crippen LogP contribution in [0, 0.1) is 0 Å². The van der Waals surface area contributed by atoms with Gasteiger partial charge in [0.05, 0.1) is 11.5 Å². The monoisotopic (exact) mass is 534 g/mol. The fourth-order valence-electron chi connectivity index (χ4n) is 3.79. The summed E-state index contributed by atoms with van der Waals surface area (Å²) >= 11 is 13.0. The van der Waals surface area contributed by atoms with Crippen molar-refractivity contribution in [2.24, 2.45) is 0 Å². The average Bonchev–Trinajstić information content (AvgIpc) is 3.45. The van der Waals surface area contributed by atoms with Crippen LogP contribution in [0.1, 0.15) is 30.9 Å². The normalized spacial score (nSPS) is 16.9. The van der Waals surface area contributed by atoms with Crippen LogP contribution in [0.15, 0.2) is 41.3 Å². The fourth-order valence-corrected chi connectivity index (χ4v) is 5.09. The van der Waals surface area contributed by atoms with Gasteiger partial charge in [-0.2, -0.15) is 0 Å². The molecule has 0 spiro atoms. The number of amides is 3. The predicted molar refractivity (Wildman–Crippen MR) is 137 cm³/mol. The molecule has 10 heteroatoms. The molecule has 2 aliphatic heterocycles. The van der Waals surface area contributed by atoms with Crippen LogP contribution in [0.2, 0.25) is 10.0 Å². The highest BCUT2D eigenvalue weighted by Gasteiger charge is 2.37. The van der Waals surface area contributed by atoms with E-state index in [2.05, 4.69) is 0 Å². The molecule has 0 saturated carbocycles. The summed E-state index contributed by atoms with van der Waals surface area (Å²) in [6.07, 6.45) is 3.51. The Morgan fingerprint density at radius 2 is 1.83 bits per heavy atom. The zero-order valence-corrected chi connectivity index (χ0v) is 21.4. The summed E-state index contributed by atoms with van der Waals surface area (Å²) in [7, 11) is 0. The lowest BCUT2D eigenvalue weighted by Crippen LogP contribution is -2.40. The maximum absolute atomic E-state index is 12.8. The first kappa shape index (κ1) is 25.4. The number of likely N-dealkylation sites (tertiary alicyclic amines) is 1. The Hall–Kier alpha value is -2.68. The van der Waals surface area contributed by atoms with Gasteiger partial charge in [-0.1, -0.05) is 35.3 Å². The Morgan fingerprint density at radius 1 is 1.06 bits per heavy atom. The SMILES string of the molecule is CCOc1cc(/C=C2\SC(=O)N(CC(=O)N3CCCC3)C2=O)ccc1OCc1ccc(Cl)cc1Cl. The van der Waals surface area contributed by atoms with Gasteiger partial charge in [-0.15, -0.1) is 0 Å². The highest BCUT2D eigenvalue weighted by Crippen LogP contribution is 2.35. The van der Waals surface area contributed by atoms with Crippen molar-refractivity contribution in [2.75, 3.05) is 26.2 Å². The van der Waals surface area contributed by atoms with Crippen LogP contribution in [-0.2, 0) is 16.2 Å². The van der Waals surface area contributed by atoms with Crippen LogP contribution < -0.4 is 9.47 Å². The minimum absolute atomic E-state index is 0.202. The van der Waals surface area contributed by atoms with Crippen LogP contribution >= 0.6 is 35.0 Å². The van der Waals surface area contributed by atoms with Crippen molar-refractivity contribution in [3.8, 4) is 11.5 Å². The fraction of sp³-hybridized carbons (Fsp3) is 0.320. The highest BCUT2D eigenvalue weighted by atomic mass is 35.5. The summed E-state index contributed by atoms with van der Waals surface area (Å²) < 4.78 is 11.7. The van der Waals surface area contributed by atoms with Crippen LogP contribution in [0.5, 0.6) is 11.5 Å². The molecule has 3 amide bonds. The number of imide groups is 1. The van der Waals surface area contributed by atoms with Gasteiger partial charge in [-0.3, -0.25) is 19.3 Å². The van der Waals surface area contributed by atoms with Gasteiger partial charge in [0, 0.05) is 28.7 Å². The molecule has 0 radical (unpaired) electrons. The van der Waals surface area contributed by atoms with Gasteiger partial charge in [-0.25, -0.2) is 0 Å². The van der Waals surface area contributed by atoms with Gasteiger partial charge in [-0.05, 0) is 67.4 Å². The Balaban J connectivity index is 1.47. The lowest BCUT2D eigenvalue weighted by molar-refractivity contribution is -0.135. The molecule has 184 valence electrons. The summed E-state index contributed by atoms with van der Waals surface area (Å²) in [5, 5.41) is 0.604. The number of hydrogen-bond acceptors (Lipinski definition) is 6. The zero-order chi connectivity index (χ0) is 24.9. The summed E-state index contributed by atoms with van der Waals surface area (Å²) in [4.78, 5) is 40.6. The van der Waals surface area contributed by atoms with Gasteiger partial charge in [0.1, 0.15) is 13.2 Å². The molecule has 2 aromatic carbocycles. The first-order chi connectivity index (χ1) is 16.9. The van der Waals surface area contributed by atoms with Gasteiger partial charge in [0.2, 0.25) is 5.91 Å². The standard InChI is InChI=1S/C25H24Cl2N2O5S/c1-2-33-21-11-16(5-8-20(21)34-15-17-6-7-18(26)13-19(17)27)12-22-24(31)29(25(32)35-22)14-23(30)28-9-3-4-10-28/h5-8,11-13H,2-4,9-10,14-15H2,1H3/b22-12-. The quantitative estimate of drug-likeness (QED) is 0.408. The van der Waals surface area contributed by atoms with Crippen LogP contribution in [0.4, 0.5) is 4.79 Å². The lowest BCUT2D eigenvalue weighted by Gasteiger charge is -2.18. The van der Waals surface area contributed by atoms with Crippen molar-refractivity contribution >= 4 is 58.1 Å². The van der Waals surface area contributed by atoms with Crippen molar-refractivity contribution in [2.45, 2.75) is 26.4 Å². The van der Waals surface area contributed by atoms with Crippen molar-refractivity contribution in [1.82, 2.24) is 9.80 Å². The number of carbonyl (C=O) groups is 3. The van der Waals surface area contributed by atoms with Crippen molar-refractivity contribution < 1.29 is 23.9 Å². The second-order valence-electron chi connectivity index (χ2n) is 8.02. The highest BCUT2D eigenvalue weighted by molar-refractivity contribution is 8.18. The topological polar surface area (TPSA) is 76.2 Å². The van der Waals surface area contributed by atoms with E-state index in [4.69, 9.17) is 32.7 Å². The second-order valence-corrected chi connectivity index (χ2v) is 9.86. The molecule has 2 aromatic rings. The number of carbonyl (C=O) groups excluding carboxylic acids is 3. The molecule has 4 rings (SSSR count). The van der Waals surface area contributed by atoms with E-state index in [1.165, 1.54) is 0 Å². The number of rotatable bonds is 8. The van der Waals surface area contributed by atoms with Gasteiger partial charge < -0.3 is 14.4 Å². The molecule has 0 aliphatic carbocycles. The molecule has 2 heterocycles. The third kappa shape index (κ3) is 6.12. The van der Waals surface area contributed by atoms with Crippen LogP contribution in [0.3, 0.4) is 0 Å². The largest absolute Gasteiger partial charge is 0.490 e. The summed E-state index contributed by atoms with van der Waals surface area (Å²) in [5.74, 6) is 0.337. The second kappa shape index (κ2) is 11.4. The Labute approximate surface area is 217 Å². The summed E-state index contributed by atoms with van der Waals surface area (Å²) in [6, 6.07) is 10.4. The molecule has 7 nitrogen and oxygen atoms in total. The van der Waals surface area contributed by atoms with E-state index >= 15 is 0 Å². The first-order valence-electron chi connectivity index (χ1n) is 11.2. The molecule has 2 aliphatic rings. The van der Waals surface area contributed by atoms with E-state index in [1.54, 1.807) is 47.4 Å². The van der Waals surface area contributed by atoms with Crippen LogP contribution in [0.25, 0.3) is 6.08 Å². The molecular weight excluding hydrogens is 511 g/mol. The summed E-state index contributed by atoms with van der Waals surface area (Å²) in [5.41, 5.74) is 1.45. The number of nitrogens with zero attached hydrogens (tertiary/aromatic N) is 2. The third-order valence-electron chi connectivity index (χ3n) is 5.59. The molecule has 2 fully saturated rings.